The van der Waals surface area contributed by atoms with E-state index in [0.717, 1.165) is 56.3 Å². The average Bonchev–Trinajstić information content (AvgIpc) is 3.85. The Morgan fingerprint density at radius 2 is 1.66 bits per heavy atom. The number of ketones is 1. The Kier molecular flexibility index (Phi) is 10.5. The van der Waals surface area contributed by atoms with Gasteiger partial charge in [-0.25, -0.2) is 4.79 Å². The molecular formula is C45H51N5O11S. The summed E-state index contributed by atoms with van der Waals surface area (Å²) in [5.74, 6) is -0.645. The van der Waals surface area contributed by atoms with E-state index in [1.165, 1.54) is 37.2 Å². The second-order valence-electron chi connectivity index (χ2n) is 17.2. The van der Waals surface area contributed by atoms with Gasteiger partial charge in [-0.2, -0.15) is 13.5 Å². The molecule has 1 spiro atoms. The zero-order valence-electron chi connectivity index (χ0n) is 35.3. The lowest BCUT2D eigenvalue weighted by Gasteiger charge is -2.58. The van der Waals surface area contributed by atoms with Crippen molar-refractivity contribution in [1.29, 1.82) is 0 Å². The van der Waals surface area contributed by atoms with E-state index in [-0.39, 0.29) is 78.7 Å². The molecule has 1 N–H and O–H groups in total. The number of amides is 2. The van der Waals surface area contributed by atoms with Gasteiger partial charge in [-0.05, 0) is 80.3 Å². The molecule has 6 aliphatic rings. The number of para-hydroxylation sites is 1. The predicted octanol–water partition coefficient (Wildman–Crippen LogP) is 5.37. The van der Waals surface area contributed by atoms with E-state index in [0.29, 0.717) is 29.7 Å². The van der Waals surface area contributed by atoms with Crippen LogP contribution in [0.3, 0.4) is 0 Å². The lowest BCUT2D eigenvalue weighted by atomic mass is 9.59. The average molecular weight is 870 g/mol. The van der Waals surface area contributed by atoms with Crippen LogP contribution in [-0.2, 0) is 46.0 Å². The van der Waals surface area contributed by atoms with Crippen molar-refractivity contribution < 1.29 is 50.7 Å². The zero-order valence-corrected chi connectivity index (χ0v) is 36.1. The maximum Gasteiger partial charge on any atom is 0.412 e. The summed E-state index contributed by atoms with van der Waals surface area (Å²) in [5, 5.41) is 5.00. The number of ether oxygens (including phenoxy) is 4. The number of piperidine rings is 2. The van der Waals surface area contributed by atoms with E-state index in [2.05, 4.69) is 10.3 Å². The molecule has 2 bridgehead atoms. The number of carbonyl (C=O) groups excluding carboxylic acids is 4. The minimum Gasteiger partial charge on any atom is -0.492 e. The van der Waals surface area contributed by atoms with Crippen molar-refractivity contribution in [3.8, 4) is 17.2 Å². The number of methoxy groups -OCH3 is 3. The lowest BCUT2D eigenvalue weighted by molar-refractivity contribution is -0.146. The van der Waals surface area contributed by atoms with Crippen LogP contribution in [0.15, 0.2) is 65.8 Å². The summed E-state index contributed by atoms with van der Waals surface area (Å²) < 4.78 is 54.2. The topological polar surface area (TPSA) is 183 Å². The Hall–Kier alpha value is -5.68. The number of hydrazone groups is 1. The third kappa shape index (κ3) is 6.40. The van der Waals surface area contributed by atoms with Gasteiger partial charge in [0.25, 0.3) is 0 Å². The first-order valence-electron chi connectivity index (χ1n) is 21.1. The van der Waals surface area contributed by atoms with Gasteiger partial charge >= 0.3 is 22.2 Å². The number of nitrogens with one attached hydrogen (secondary N) is 1. The van der Waals surface area contributed by atoms with Crippen LogP contribution in [0.4, 0.5) is 16.2 Å². The number of nitrogens with zero attached hydrogens (tertiary/aromatic N) is 4. The Morgan fingerprint density at radius 3 is 2.40 bits per heavy atom. The molecule has 5 heterocycles. The Balaban J connectivity index is 1.13. The smallest absolute Gasteiger partial charge is 0.412 e. The SMILES string of the molecule is COC(=O)C[C@@]12CCCN3CC[C@@H](/C(=N/Nc4ccc([C@@]56CCN(C(=O)OCc7ccccc7)[C@]7(CCC(=O)N7c7c(OS(C)(=O)=O)cccc75)C6=O)c(OC)c4OC)CC1)[C@H]32. The van der Waals surface area contributed by atoms with Crippen molar-refractivity contribution in [1.82, 2.24) is 9.80 Å². The summed E-state index contributed by atoms with van der Waals surface area (Å²) in [4.78, 5) is 61.8. The molecule has 1 aliphatic carbocycles. The van der Waals surface area contributed by atoms with E-state index < -0.39 is 39.0 Å². The molecule has 5 aliphatic heterocycles. The molecule has 1 saturated carbocycles. The van der Waals surface area contributed by atoms with Crippen molar-refractivity contribution in [2.75, 3.05) is 57.5 Å². The number of hydrogen-bond acceptors (Lipinski definition) is 14. The number of hydrogen-bond donors (Lipinski definition) is 1. The van der Waals surface area contributed by atoms with Crippen molar-refractivity contribution in [3.05, 3.63) is 77.4 Å². The highest BCUT2D eigenvalue weighted by atomic mass is 32.2. The Bertz CT molecular complexity index is 2480. The van der Waals surface area contributed by atoms with Crippen molar-refractivity contribution in [2.45, 2.75) is 81.5 Å². The van der Waals surface area contributed by atoms with Gasteiger partial charge in [0.1, 0.15) is 12.3 Å². The number of benzene rings is 3. The second kappa shape index (κ2) is 15.6. The molecular weight excluding hydrogens is 819 g/mol. The van der Waals surface area contributed by atoms with Gasteiger partial charge in [0.15, 0.2) is 28.7 Å². The van der Waals surface area contributed by atoms with Crippen LogP contribution in [0, 0.1) is 11.3 Å². The predicted molar refractivity (Wildman–Crippen MR) is 227 cm³/mol. The van der Waals surface area contributed by atoms with Gasteiger partial charge in [-0.1, -0.05) is 48.5 Å². The van der Waals surface area contributed by atoms with Crippen LogP contribution in [0.2, 0.25) is 0 Å². The van der Waals surface area contributed by atoms with Crippen LogP contribution in [0.25, 0.3) is 0 Å². The fourth-order valence-electron chi connectivity index (χ4n) is 11.8. The van der Waals surface area contributed by atoms with Crippen LogP contribution >= 0.6 is 0 Å². The molecule has 2 amide bonds. The van der Waals surface area contributed by atoms with Crippen molar-refractivity contribution in [3.63, 3.8) is 0 Å². The lowest BCUT2D eigenvalue weighted by Crippen LogP contribution is -2.75. The minimum absolute atomic E-state index is 0.00406. The number of Topliss-reactive ketones (excluding diaryl/α,β-unsaturated/α-hetero) is 1. The summed E-state index contributed by atoms with van der Waals surface area (Å²) in [5.41, 5.74) is 2.64. The molecule has 4 saturated heterocycles. The first-order valence-corrected chi connectivity index (χ1v) is 22.9. The standard InChI is InChI=1S/C45H51N5O11S/c1-57-36(52)26-43-19-9-23-48-24-18-29(40(43)48)32(16-20-43)46-47-33-15-14-31(38(58-2)39(33)59-3)44-22-25-49(42(54)60-27-28-10-6-5-7-11-28)45(41(44)53)21-17-35(51)50(45)37-30(44)12-8-13-34(37)61-62(4,55)56/h5-8,10-15,29,40,47H,9,16-27H2,1-4H3/b46-32+/t29-,40-,43+,44+,45-/m0/s1. The third-order valence-electron chi connectivity index (χ3n) is 14.1. The summed E-state index contributed by atoms with van der Waals surface area (Å²) in [7, 11) is 0.282. The zero-order chi connectivity index (χ0) is 43.6. The van der Waals surface area contributed by atoms with Crippen LogP contribution in [0.5, 0.6) is 17.2 Å². The quantitative estimate of drug-likeness (QED) is 0.148. The summed E-state index contributed by atoms with van der Waals surface area (Å²) in [6, 6.07) is 17.5. The van der Waals surface area contributed by atoms with Gasteiger partial charge in [0.05, 0.1) is 45.1 Å². The number of carbonyl (C=O) groups is 4. The fraction of sp³-hybridized carbons (Fsp3) is 0.489. The molecule has 328 valence electrons. The highest BCUT2D eigenvalue weighted by Crippen LogP contribution is 2.62. The molecule has 0 aromatic heterocycles. The molecule has 5 fully saturated rings. The molecule has 3 aromatic rings. The maximum atomic E-state index is 15.8. The van der Waals surface area contributed by atoms with Gasteiger partial charge in [0.2, 0.25) is 5.91 Å². The van der Waals surface area contributed by atoms with E-state index >= 15 is 4.79 Å². The van der Waals surface area contributed by atoms with E-state index in [1.807, 2.05) is 30.3 Å². The molecule has 62 heavy (non-hydrogen) atoms. The monoisotopic (exact) mass is 869 g/mol. The fourth-order valence-corrected chi connectivity index (χ4v) is 12.2. The molecule has 16 nitrogen and oxygen atoms in total. The summed E-state index contributed by atoms with van der Waals surface area (Å²) in [6.45, 7) is 1.85. The molecule has 9 rings (SSSR count). The van der Waals surface area contributed by atoms with Crippen LogP contribution in [0.1, 0.15) is 74.5 Å². The third-order valence-corrected chi connectivity index (χ3v) is 14.6. The van der Waals surface area contributed by atoms with Gasteiger partial charge < -0.3 is 23.1 Å². The van der Waals surface area contributed by atoms with E-state index in [1.54, 1.807) is 24.3 Å². The first kappa shape index (κ1) is 41.7. The second-order valence-corrected chi connectivity index (χ2v) is 18.8. The van der Waals surface area contributed by atoms with Gasteiger partial charge in [-0.3, -0.25) is 34.5 Å². The normalized spacial score (nSPS) is 28.2. The summed E-state index contributed by atoms with van der Waals surface area (Å²) in [6.07, 6.45) is 4.80. The highest BCUT2D eigenvalue weighted by molar-refractivity contribution is 7.86. The summed E-state index contributed by atoms with van der Waals surface area (Å²) >= 11 is 0. The molecule has 0 unspecified atom stereocenters. The Morgan fingerprint density at radius 1 is 0.871 bits per heavy atom. The number of anilines is 2. The Labute approximate surface area is 360 Å². The van der Waals surface area contributed by atoms with Gasteiger partial charge in [0, 0.05) is 42.6 Å². The van der Waals surface area contributed by atoms with Crippen LogP contribution in [-0.4, -0.2) is 107 Å². The minimum atomic E-state index is -4.13. The molecule has 0 radical (unpaired) electrons. The molecule has 3 aromatic carbocycles. The molecule has 5 atom stereocenters. The number of fused-ring (bicyclic) bond motifs is 4. The van der Waals surface area contributed by atoms with Crippen LogP contribution < -0.4 is 24.0 Å². The largest absolute Gasteiger partial charge is 0.492 e. The number of esters is 1. The van der Waals surface area contributed by atoms with Crippen molar-refractivity contribution >= 4 is 51.0 Å². The number of likely N-dealkylation sites (tertiary alicyclic amines) is 1. The van der Waals surface area contributed by atoms with E-state index in [9.17, 15) is 22.8 Å². The van der Waals surface area contributed by atoms with E-state index in [4.69, 9.17) is 28.2 Å². The maximum absolute atomic E-state index is 15.8. The van der Waals surface area contributed by atoms with Gasteiger partial charge in [-0.15, -0.1) is 0 Å². The molecule has 17 heteroatoms. The van der Waals surface area contributed by atoms with Crippen molar-refractivity contribution in [2.24, 2.45) is 16.4 Å². The highest BCUT2D eigenvalue weighted by Gasteiger charge is 2.71. The first-order chi connectivity index (χ1) is 29.8. The number of rotatable bonds is 11.